The van der Waals surface area contributed by atoms with Crippen LogP contribution in [0, 0.1) is 0 Å². The van der Waals surface area contributed by atoms with Gasteiger partial charge in [0, 0.05) is 31.9 Å². The van der Waals surface area contributed by atoms with Crippen LogP contribution < -0.4 is 4.90 Å². The molecule has 2 aromatic carbocycles. The molecule has 2 aromatic rings. The maximum atomic E-state index is 13.2. The number of para-hydroxylation sites is 1. The third-order valence-electron chi connectivity index (χ3n) is 4.83. The van der Waals surface area contributed by atoms with Crippen LogP contribution in [0.5, 0.6) is 0 Å². The number of hydrogen-bond donors (Lipinski definition) is 0. The molecule has 0 N–H and O–H groups in total. The molecule has 4 rings (SSSR count). The van der Waals surface area contributed by atoms with Crippen LogP contribution in [-0.2, 0) is 11.0 Å². The first kappa shape index (κ1) is 19.6. The number of nitrogens with zero attached hydrogens (tertiary/aromatic N) is 3. The van der Waals surface area contributed by atoms with Gasteiger partial charge in [0.05, 0.1) is 10.5 Å². The number of thioether (sulfide) groups is 1. The molecule has 2 aliphatic heterocycles. The highest BCUT2D eigenvalue weighted by Crippen LogP contribution is 2.36. The van der Waals surface area contributed by atoms with Gasteiger partial charge in [0.15, 0.2) is 5.17 Å². The zero-order valence-corrected chi connectivity index (χ0v) is 16.2. The minimum atomic E-state index is -4.47. The number of halogens is 3. The zero-order chi connectivity index (χ0) is 20.4. The lowest BCUT2D eigenvalue weighted by molar-refractivity contribution is -0.137. The number of rotatable bonds is 2. The number of aliphatic imine (C=N–C) groups is 1. The van der Waals surface area contributed by atoms with Gasteiger partial charge in [-0.15, -0.1) is 0 Å². The largest absolute Gasteiger partial charge is 0.416 e. The molecule has 0 aromatic heterocycles. The predicted molar refractivity (Wildman–Crippen MR) is 110 cm³/mol. The fourth-order valence-electron chi connectivity index (χ4n) is 3.35. The van der Waals surface area contributed by atoms with Crippen LogP contribution in [0.3, 0.4) is 0 Å². The standard InChI is InChI=1S/C21H18F3N3OS/c22-21(23,24)17-9-5-4-6-15(17)14-18-19(28)25-20(29-18)27-12-10-26(11-13-27)16-7-2-1-3-8-16/h1-9,14H,10-13H2/b18-14+. The molecule has 1 amide bonds. The SMILES string of the molecule is O=C1N=C(N2CCN(c3ccccc3)CC2)S/C1=C/c1ccccc1C(F)(F)F. The maximum absolute atomic E-state index is 13.2. The van der Waals surface area contributed by atoms with E-state index in [1.54, 1.807) is 0 Å². The molecule has 29 heavy (non-hydrogen) atoms. The first-order valence-electron chi connectivity index (χ1n) is 9.15. The molecule has 0 bridgehead atoms. The molecule has 0 unspecified atom stereocenters. The molecule has 0 radical (unpaired) electrons. The number of amides is 1. The van der Waals surface area contributed by atoms with Crippen LogP contribution >= 0.6 is 11.8 Å². The molecule has 8 heteroatoms. The van der Waals surface area contributed by atoms with Crippen molar-refractivity contribution < 1.29 is 18.0 Å². The lowest BCUT2D eigenvalue weighted by Crippen LogP contribution is -2.47. The molecule has 1 saturated heterocycles. The van der Waals surface area contributed by atoms with E-state index in [2.05, 4.69) is 22.0 Å². The Morgan fingerprint density at radius 1 is 0.897 bits per heavy atom. The van der Waals surface area contributed by atoms with Gasteiger partial charge in [-0.3, -0.25) is 4.79 Å². The van der Waals surface area contributed by atoms with E-state index in [1.807, 2.05) is 23.1 Å². The number of amidine groups is 1. The molecule has 1 fully saturated rings. The van der Waals surface area contributed by atoms with Crippen molar-refractivity contribution in [2.24, 2.45) is 4.99 Å². The Kier molecular flexibility index (Phi) is 5.36. The third-order valence-corrected chi connectivity index (χ3v) is 5.88. The number of anilines is 1. The van der Waals surface area contributed by atoms with Gasteiger partial charge in [-0.2, -0.15) is 18.2 Å². The summed E-state index contributed by atoms with van der Waals surface area (Å²) in [5.74, 6) is -0.493. The van der Waals surface area contributed by atoms with Crippen molar-refractivity contribution in [2.75, 3.05) is 31.1 Å². The van der Waals surface area contributed by atoms with E-state index in [9.17, 15) is 18.0 Å². The molecule has 0 atom stereocenters. The fraction of sp³-hybridized carbons (Fsp3) is 0.238. The normalized spacial score (nSPS) is 19.1. The molecule has 0 aliphatic carbocycles. The van der Waals surface area contributed by atoms with Crippen molar-refractivity contribution in [1.29, 1.82) is 0 Å². The second kappa shape index (κ2) is 7.94. The topological polar surface area (TPSA) is 35.9 Å². The monoisotopic (exact) mass is 417 g/mol. The van der Waals surface area contributed by atoms with Crippen molar-refractivity contribution in [1.82, 2.24) is 4.90 Å². The highest BCUT2D eigenvalue weighted by molar-refractivity contribution is 8.18. The average molecular weight is 417 g/mol. The summed E-state index contributed by atoms with van der Waals surface area (Å²) in [5, 5.41) is 0.554. The number of alkyl halides is 3. The summed E-state index contributed by atoms with van der Waals surface area (Å²) in [5.41, 5.74) is 0.362. The smallest absolute Gasteiger partial charge is 0.368 e. The summed E-state index contributed by atoms with van der Waals surface area (Å²) < 4.78 is 39.6. The quantitative estimate of drug-likeness (QED) is 0.675. The number of hydrogen-bond acceptors (Lipinski definition) is 4. The molecule has 4 nitrogen and oxygen atoms in total. The summed E-state index contributed by atoms with van der Waals surface area (Å²) in [6.45, 7) is 2.96. The molecule has 150 valence electrons. The van der Waals surface area contributed by atoms with Crippen molar-refractivity contribution in [3.63, 3.8) is 0 Å². The van der Waals surface area contributed by atoms with E-state index in [0.29, 0.717) is 18.3 Å². The van der Waals surface area contributed by atoms with E-state index in [1.165, 1.54) is 24.3 Å². The van der Waals surface area contributed by atoms with Crippen LogP contribution in [-0.4, -0.2) is 42.2 Å². The van der Waals surface area contributed by atoms with Gasteiger partial charge in [-0.1, -0.05) is 36.4 Å². The highest BCUT2D eigenvalue weighted by atomic mass is 32.2. The highest BCUT2D eigenvalue weighted by Gasteiger charge is 2.34. The van der Waals surface area contributed by atoms with Crippen molar-refractivity contribution in [3.05, 3.63) is 70.6 Å². The second-order valence-electron chi connectivity index (χ2n) is 6.70. The van der Waals surface area contributed by atoms with Crippen LogP contribution in [0.2, 0.25) is 0 Å². The third kappa shape index (κ3) is 4.32. The van der Waals surface area contributed by atoms with Gasteiger partial charge in [0.2, 0.25) is 0 Å². The van der Waals surface area contributed by atoms with Crippen molar-refractivity contribution >= 4 is 34.6 Å². The number of carbonyl (C=O) groups excluding carboxylic acids is 1. The van der Waals surface area contributed by atoms with Crippen molar-refractivity contribution in [3.8, 4) is 0 Å². The van der Waals surface area contributed by atoms with Crippen molar-refractivity contribution in [2.45, 2.75) is 6.18 Å². The summed E-state index contributed by atoms with van der Waals surface area (Å²) >= 11 is 1.14. The Labute approximate surface area is 170 Å². The van der Waals surface area contributed by atoms with E-state index in [0.717, 1.165) is 36.6 Å². The van der Waals surface area contributed by atoms with Crippen LogP contribution in [0.1, 0.15) is 11.1 Å². The Morgan fingerprint density at radius 3 is 2.21 bits per heavy atom. The fourth-order valence-corrected chi connectivity index (χ4v) is 4.31. The first-order chi connectivity index (χ1) is 13.9. The Balaban J connectivity index is 1.45. The number of carbonyl (C=O) groups is 1. The van der Waals surface area contributed by atoms with Gasteiger partial charge < -0.3 is 9.80 Å². The lowest BCUT2D eigenvalue weighted by atomic mass is 10.1. The van der Waals surface area contributed by atoms with E-state index < -0.39 is 17.6 Å². The zero-order valence-electron chi connectivity index (χ0n) is 15.4. The molecular weight excluding hydrogens is 399 g/mol. The van der Waals surface area contributed by atoms with Crippen LogP contribution in [0.4, 0.5) is 18.9 Å². The summed E-state index contributed by atoms with van der Waals surface area (Å²) in [7, 11) is 0. The van der Waals surface area contributed by atoms with Crippen LogP contribution in [0.15, 0.2) is 64.5 Å². The maximum Gasteiger partial charge on any atom is 0.416 e. The summed E-state index contributed by atoms with van der Waals surface area (Å²) in [4.78, 5) is 20.8. The first-order valence-corrected chi connectivity index (χ1v) is 9.97. The second-order valence-corrected chi connectivity index (χ2v) is 7.71. The lowest BCUT2D eigenvalue weighted by Gasteiger charge is -2.36. The van der Waals surface area contributed by atoms with Gasteiger partial charge in [-0.25, -0.2) is 0 Å². The molecule has 0 saturated carbocycles. The molecular formula is C21H18F3N3OS. The Hall–Kier alpha value is -2.74. The molecule has 2 aliphatic rings. The van der Waals surface area contributed by atoms with Gasteiger partial charge in [0.1, 0.15) is 0 Å². The predicted octanol–water partition coefficient (Wildman–Crippen LogP) is 4.50. The molecule has 2 heterocycles. The Morgan fingerprint density at radius 2 is 1.52 bits per heavy atom. The van der Waals surface area contributed by atoms with Gasteiger partial charge in [-0.05, 0) is 41.6 Å². The minimum absolute atomic E-state index is 0.0267. The average Bonchev–Trinajstić information content (AvgIpc) is 3.09. The summed E-state index contributed by atoms with van der Waals surface area (Å²) in [6.07, 6.45) is -3.19. The van der Waals surface area contributed by atoms with E-state index >= 15 is 0 Å². The van der Waals surface area contributed by atoms with Crippen LogP contribution in [0.25, 0.3) is 6.08 Å². The summed E-state index contributed by atoms with van der Waals surface area (Å²) in [6, 6.07) is 15.3. The molecule has 0 spiro atoms. The van der Waals surface area contributed by atoms with Gasteiger partial charge in [0.25, 0.3) is 5.91 Å². The van der Waals surface area contributed by atoms with E-state index in [4.69, 9.17) is 0 Å². The number of benzene rings is 2. The van der Waals surface area contributed by atoms with E-state index in [-0.39, 0.29) is 10.5 Å². The minimum Gasteiger partial charge on any atom is -0.368 e. The Bertz CT molecular complexity index is 965. The van der Waals surface area contributed by atoms with Gasteiger partial charge >= 0.3 is 6.18 Å². The number of piperazine rings is 1.